The van der Waals surface area contributed by atoms with Crippen LogP contribution in [0.25, 0.3) is 0 Å². The molecule has 1 atom stereocenters. The van der Waals surface area contributed by atoms with Crippen LogP contribution in [0.5, 0.6) is 5.75 Å². The molecule has 0 saturated heterocycles. The fourth-order valence-electron chi connectivity index (χ4n) is 4.22. The van der Waals surface area contributed by atoms with Gasteiger partial charge < -0.3 is 10.2 Å². The van der Waals surface area contributed by atoms with Crippen molar-refractivity contribution in [3.05, 3.63) is 29.3 Å². The Labute approximate surface area is 113 Å². The fourth-order valence-corrected chi connectivity index (χ4v) is 4.22. The number of phenols is 1. The molecule has 0 amide bonds. The molecule has 1 aromatic rings. The first-order valence-corrected chi connectivity index (χ1v) is 7.19. The minimum atomic E-state index is -0.670. The Bertz CT molecular complexity index is 501. The monoisotopic (exact) mass is 260 g/mol. The number of carboxylic acid groups (broad SMARTS) is 1. The molecule has 2 aliphatic rings. The highest BCUT2D eigenvalue weighted by atomic mass is 16.4. The summed E-state index contributed by atoms with van der Waals surface area (Å²) in [5, 5.41) is 19.6. The van der Waals surface area contributed by atoms with Crippen LogP contribution in [0.4, 0.5) is 0 Å². The van der Waals surface area contributed by atoms with E-state index in [1.165, 1.54) is 6.42 Å². The number of rotatable bonds is 1. The summed E-state index contributed by atoms with van der Waals surface area (Å²) < 4.78 is 0. The quantitative estimate of drug-likeness (QED) is 0.815. The van der Waals surface area contributed by atoms with Crippen LogP contribution < -0.4 is 0 Å². The first kappa shape index (κ1) is 12.5. The molecule has 2 N–H and O–H groups in total. The third-order valence-electron chi connectivity index (χ3n) is 5.08. The molecule has 3 nitrogen and oxygen atoms in total. The highest BCUT2D eigenvalue weighted by Crippen LogP contribution is 2.52. The van der Waals surface area contributed by atoms with Crippen molar-refractivity contribution in [3.8, 4) is 5.75 Å². The number of phenolic OH excluding ortho intramolecular Hbond substituents is 1. The Morgan fingerprint density at radius 2 is 1.95 bits per heavy atom. The zero-order chi connectivity index (χ0) is 13.5. The van der Waals surface area contributed by atoms with Gasteiger partial charge in [0.2, 0.25) is 0 Å². The molecule has 3 heteroatoms. The summed E-state index contributed by atoms with van der Waals surface area (Å²) in [7, 11) is 0. The van der Waals surface area contributed by atoms with Crippen molar-refractivity contribution in [1.82, 2.24) is 0 Å². The van der Waals surface area contributed by atoms with Gasteiger partial charge in [-0.05, 0) is 42.9 Å². The first-order chi connectivity index (χ1) is 9.15. The van der Waals surface area contributed by atoms with Gasteiger partial charge in [0.25, 0.3) is 0 Å². The summed E-state index contributed by atoms with van der Waals surface area (Å²) in [4.78, 5) is 11.7. The Morgan fingerprint density at radius 1 is 1.21 bits per heavy atom. The topological polar surface area (TPSA) is 57.5 Å². The summed E-state index contributed by atoms with van der Waals surface area (Å²) >= 11 is 0. The van der Waals surface area contributed by atoms with Gasteiger partial charge in [-0.3, -0.25) is 4.79 Å². The standard InChI is InChI=1S/C16H20O3/c17-14-6-4-5-12-11(14)7-8-13(15(18)19)16(12)9-2-1-3-10-16/h4-6,13,17H,1-3,7-10H2,(H,18,19). The number of hydrogen-bond donors (Lipinski definition) is 2. The van der Waals surface area contributed by atoms with Crippen LogP contribution in [0.2, 0.25) is 0 Å². The molecule has 1 saturated carbocycles. The molecular formula is C16H20O3. The minimum Gasteiger partial charge on any atom is -0.508 e. The van der Waals surface area contributed by atoms with Crippen LogP contribution in [-0.2, 0) is 16.6 Å². The van der Waals surface area contributed by atoms with Crippen LogP contribution in [-0.4, -0.2) is 16.2 Å². The van der Waals surface area contributed by atoms with E-state index in [2.05, 4.69) is 0 Å². The Balaban J connectivity index is 2.15. The predicted octanol–water partition coefficient (Wildman–Crippen LogP) is 3.24. The van der Waals surface area contributed by atoms with Crippen molar-refractivity contribution in [2.75, 3.05) is 0 Å². The molecule has 0 aliphatic heterocycles. The van der Waals surface area contributed by atoms with E-state index in [1.54, 1.807) is 6.07 Å². The largest absolute Gasteiger partial charge is 0.508 e. The van der Waals surface area contributed by atoms with Gasteiger partial charge in [-0.2, -0.15) is 0 Å². The van der Waals surface area contributed by atoms with Crippen LogP contribution in [0.15, 0.2) is 18.2 Å². The lowest BCUT2D eigenvalue weighted by Gasteiger charge is -2.46. The Kier molecular flexibility index (Phi) is 3.00. The van der Waals surface area contributed by atoms with E-state index in [0.29, 0.717) is 18.6 Å². The number of hydrogen-bond acceptors (Lipinski definition) is 2. The lowest BCUT2D eigenvalue weighted by Crippen LogP contribution is -2.45. The lowest BCUT2D eigenvalue weighted by molar-refractivity contribution is -0.146. The maximum Gasteiger partial charge on any atom is 0.307 e. The summed E-state index contributed by atoms with van der Waals surface area (Å²) in [6.45, 7) is 0. The second kappa shape index (κ2) is 4.55. The molecule has 1 aromatic carbocycles. The smallest absolute Gasteiger partial charge is 0.307 e. The molecule has 0 radical (unpaired) electrons. The SMILES string of the molecule is O=C(O)C1CCc2c(O)cccc2C12CCCCC2. The third kappa shape index (κ3) is 1.83. The van der Waals surface area contributed by atoms with E-state index in [4.69, 9.17) is 0 Å². The van der Waals surface area contributed by atoms with E-state index >= 15 is 0 Å². The van der Waals surface area contributed by atoms with Crippen molar-refractivity contribution in [1.29, 1.82) is 0 Å². The lowest BCUT2D eigenvalue weighted by atomic mass is 9.57. The molecule has 102 valence electrons. The minimum absolute atomic E-state index is 0.240. The van der Waals surface area contributed by atoms with Gasteiger partial charge in [0.1, 0.15) is 5.75 Å². The van der Waals surface area contributed by atoms with E-state index in [9.17, 15) is 15.0 Å². The maximum atomic E-state index is 11.7. The zero-order valence-corrected chi connectivity index (χ0v) is 11.1. The number of aromatic hydroxyl groups is 1. The van der Waals surface area contributed by atoms with E-state index in [1.807, 2.05) is 12.1 Å². The van der Waals surface area contributed by atoms with Crippen molar-refractivity contribution in [2.24, 2.45) is 5.92 Å². The molecule has 0 bridgehead atoms. The number of fused-ring (bicyclic) bond motifs is 2. The van der Waals surface area contributed by atoms with Crippen LogP contribution in [0, 0.1) is 5.92 Å². The second-order valence-electron chi connectivity index (χ2n) is 5.95. The zero-order valence-electron chi connectivity index (χ0n) is 11.1. The van der Waals surface area contributed by atoms with Gasteiger partial charge in [0.15, 0.2) is 0 Å². The summed E-state index contributed by atoms with van der Waals surface area (Å²) in [5.41, 5.74) is 1.85. The van der Waals surface area contributed by atoms with Crippen molar-refractivity contribution in [3.63, 3.8) is 0 Å². The molecule has 3 rings (SSSR count). The molecule has 1 unspecified atom stereocenters. The molecule has 0 aromatic heterocycles. The van der Waals surface area contributed by atoms with Crippen molar-refractivity contribution in [2.45, 2.75) is 50.4 Å². The normalized spacial score (nSPS) is 24.9. The summed E-state index contributed by atoms with van der Waals surface area (Å²) in [5.74, 6) is -0.621. The molecule has 2 aliphatic carbocycles. The summed E-state index contributed by atoms with van der Waals surface area (Å²) in [6, 6.07) is 5.61. The van der Waals surface area contributed by atoms with Crippen molar-refractivity contribution < 1.29 is 15.0 Å². The van der Waals surface area contributed by atoms with Crippen LogP contribution in [0.3, 0.4) is 0 Å². The maximum absolute atomic E-state index is 11.7. The molecular weight excluding hydrogens is 240 g/mol. The number of benzene rings is 1. The molecule has 1 fully saturated rings. The summed E-state index contributed by atoms with van der Waals surface area (Å²) in [6.07, 6.45) is 6.61. The highest BCUT2D eigenvalue weighted by molar-refractivity contribution is 5.74. The van der Waals surface area contributed by atoms with Crippen molar-refractivity contribution >= 4 is 5.97 Å². The van der Waals surface area contributed by atoms with E-state index in [0.717, 1.165) is 36.8 Å². The number of aliphatic carboxylic acids is 1. The van der Waals surface area contributed by atoms with E-state index in [-0.39, 0.29) is 11.3 Å². The molecule has 1 spiro atoms. The predicted molar refractivity (Wildman–Crippen MR) is 72.3 cm³/mol. The average molecular weight is 260 g/mol. The average Bonchev–Trinajstić information content (AvgIpc) is 2.41. The molecule has 19 heavy (non-hydrogen) atoms. The Hall–Kier alpha value is -1.51. The van der Waals surface area contributed by atoms with Gasteiger partial charge in [0.05, 0.1) is 5.92 Å². The van der Waals surface area contributed by atoms with Gasteiger partial charge in [-0.25, -0.2) is 0 Å². The van der Waals surface area contributed by atoms with Gasteiger partial charge in [0, 0.05) is 5.41 Å². The third-order valence-corrected chi connectivity index (χ3v) is 5.08. The Morgan fingerprint density at radius 3 is 2.63 bits per heavy atom. The van der Waals surface area contributed by atoms with Gasteiger partial charge >= 0.3 is 5.97 Å². The van der Waals surface area contributed by atoms with Gasteiger partial charge in [-0.1, -0.05) is 31.4 Å². The second-order valence-corrected chi connectivity index (χ2v) is 5.95. The fraction of sp³-hybridized carbons (Fsp3) is 0.562. The van der Waals surface area contributed by atoms with Gasteiger partial charge in [-0.15, -0.1) is 0 Å². The van der Waals surface area contributed by atoms with Crippen LogP contribution >= 0.6 is 0 Å². The van der Waals surface area contributed by atoms with E-state index < -0.39 is 5.97 Å². The molecule has 0 heterocycles. The number of carbonyl (C=O) groups is 1. The first-order valence-electron chi connectivity index (χ1n) is 7.19. The highest BCUT2D eigenvalue weighted by Gasteiger charge is 2.48. The van der Waals surface area contributed by atoms with Crippen LogP contribution in [0.1, 0.15) is 49.7 Å². The number of carboxylic acids is 1.